The van der Waals surface area contributed by atoms with E-state index in [9.17, 15) is 10.1 Å². The molecule has 210 valence electrons. The fourth-order valence-corrected chi connectivity index (χ4v) is 7.13. The zero-order valence-corrected chi connectivity index (χ0v) is 24.4. The van der Waals surface area contributed by atoms with Crippen molar-refractivity contribution in [2.45, 2.75) is 73.6 Å². The first-order valence-corrected chi connectivity index (χ1v) is 15.4. The number of alkyl halides is 2. The van der Waals surface area contributed by atoms with Crippen LogP contribution in [0.2, 0.25) is 0 Å². The van der Waals surface area contributed by atoms with Crippen LogP contribution >= 0.6 is 23.2 Å². The number of hydrogen-bond acceptors (Lipinski definition) is 3. The standard InChI is InChI=1S/C33H38Cl2N4O/c34-28-13-14-30(21-29(35)20-28)38-32(40)37-23-33(15-17-39(18-16-33)31-7-2-1-3-8-31)27-11-9-25(10-12-27)26-6-4-5-24(19-26)22-36/h4-6,9-14,19,21,28-29,31H,1-3,7-8,15-18,20,23H2,(H2,37,38,40). The van der Waals surface area contributed by atoms with Crippen molar-refractivity contribution in [2.24, 2.45) is 0 Å². The highest BCUT2D eigenvalue weighted by molar-refractivity contribution is 6.25. The highest BCUT2D eigenvalue weighted by Gasteiger charge is 2.38. The molecular formula is C33H38Cl2N4O. The fraction of sp³-hybridized carbons (Fsp3) is 0.455. The van der Waals surface area contributed by atoms with Gasteiger partial charge in [-0.2, -0.15) is 5.26 Å². The number of allylic oxidation sites excluding steroid dienone is 3. The highest BCUT2D eigenvalue weighted by Crippen LogP contribution is 2.38. The van der Waals surface area contributed by atoms with Crippen molar-refractivity contribution >= 4 is 29.2 Å². The summed E-state index contributed by atoms with van der Waals surface area (Å²) in [6.07, 6.45) is 14.8. The van der Waals surface area contributed by atoms with Gasteiger partial charge in [-0.3, -0.25) is 0 Å². The van der Waals surface area contributed by atoms with Crippen LogP contribution in [0.4, 0.5) is 4.79 Å². The molecule has 2 aromatic carbocycles. The lowest BCUT2D eigenvalue weighted by atomic mass is 9.72. The summed E-state index contributed by atoms with van der Waals surface area (Å²) >= 11 is 12.6. The van der Waals surface area contributed by atoms with Crippen LogP contribution in [0.3, 0.4) is 0 Å². The van der Waals surface area contributed by atoms with Crippen molar-refractivity contribution in [1.29, 1.82) is 5.26 Å². The molecule has 1 saturated carbocycles. The van der Waals surface area contributed by atoms with Gasteiger partial charge in [-0.05, 0) is 86.2 Å². The Labute approximate surface area is 248 Å². The molecule has 3 aliphatic rings. The minimum absolute atomic E-state index is 0.149. The van der Waals surface area contributed by atoms with Gasteiger partial charge in [0.05, 0.1) is 22.4 Å². The fourth-order valence-electron chi connectivity index (χ4n) is 6.44. The van der Waals surface area contributed by atoms with E-state index in [4.69, 9.17) is 23.2 Å². The van der Waals surface area contributed by atoms with Crippen molar-refractivity contribution in [1.82, 2.24) is 15.5 Å². The Morgan fingerprint density at radius 1 is 1.00 bits per heavy atom. The zero-order valence-electron chi connectivity index (χ0n) is 22.9. The largest absolute Gasteiger partial charge is 0.337 e. The summed E-state index contributed by atoms with van der Waals surface area (Å²) in [6, 6.07) is 19.1. The lowest BCUT2D eigenvalue weighted by molar-refractivity contribution is 0.0923. The molecule has 5 rings (SSSR count). The summed E-state index contributed by atoms with van der Waals surface area (Å²) in [4.78, 5) is 15.7. The molecule has 2 aromatic rings. The number of halogens is 2. The molecule has 0 bridgehead atoms. The first-order chi connectivity index (χ1) is 19.4. The third kappa shape index (κ3) is 7.10. The second-order valence-corrected chi connectivity index (χ2v) is 12.6. The van der Waals surface area contributed by atoms with Gasteiger partial charge in [0.15, 0.2) is 0 Å². The maximum atomic E-state index is 13.0. The third-order valence-corrected chi connectivity index (χ3v) is 9.44. The molecule has 1 saturated heterocycles. The molecular weight excluding hydrogens is 539 g/mol. The lowest BCUT2D eigenvalue weighted by Gasteiger charge is -2.46. The number of nitrogens with zero attached hydrogens (tertiary/aromatic N) is 2. The van der Waals surface area contributed by atoms with Gasteiger partial charge in [0.25, 0.3) is 0 Å². The average molecular weight is 578 g/mol. The second-order valence-electron chi connectivity index (χ2n) is 11.4. The van der Waals surface area contributed by atoms with Gasteiger partial charge in [-0.1, -0.05) is 61.7 Å². The molecule has 0 spiro atoms. The summed E-state index contributed by atoms with van der Waals surface area (Å²) in [5.41, 5.74) is 4.54. The summed E-state index contributed by atoms with van der Waals surface area (Å²) < 4.78 is 0. The monoisotopic (exact) mass is 576 g/mol. The van der Waals surface area contributed by atoms with Gasteiger partial charge in [0, 0.05) is 23.7 Å². The van der Waals surface area contributed by atoms with Crippen molar-refractivity contribution in [3.8, 4) is 17.2 Å². The predicted octanol–water partition coefficient (Wildman–Crippen LogP) is 7.25. The molecule has 2 aliphatic carbocycles. The topological polar surface area (TPSA) is 68.2 Å². The summed E-state index contributed by atoms with van der Waals surface area (Å²) in [5, 5.41) is 15.1. The molecule has 2 N–H and O–H groups in total. The number of amides is 2. The Hall–Kier alpha value is -2.78. The first-order valence-electron chi connectivity index (χ1n) is 14.5. The SMILES string of the molecule is N#Cc1cccc(-c2ccc(C3(CNC(=O)NC4=CC(Cl)CC(Cl)C=C4)CCN(C4CCCCC4)CC3)cc2)c1. The number of nitrogens with one attached hydrogen (secondary N) is 2. The molecule has 2 fully saturated rings. The van der Waals surface area contributed by atoms with E-state index in [-0.39, 0.29) is 22.2 Å². The van der Waals surface area contributed by atoms with E-state index in [1.807, 2.05) is 42.5 Å². The van der Waals surface area contributed by atoms with E-state index in [1.165, 1.54) is 37.7 Å². The van der Waals surface area contributed by atoms with Gasteiger partial charge in [-0.15, -0.1) is 23.2 Å². The molecule has 5 nitrogen and oxygen atoms in total. The van der Waals surface area contributed by atoms with Crippen LogP contribution in [0.5, 0.6) is 0 Å². The Balaban J connectivity index is 1.32. The lowest BCUT2D eigenvalue weighted by Crippen LogP contribution is -2.52. The Kier molecular flexibility index (Phi) is 9.52. The predicted molar refractivity (Wildman–Crippen MR) is 164 cm³/mol. The number of likely N-dealkylation sites (tertiary alicyclic amines) is 1. The molecule has 7 heteroatoms. The van der Waals surface area contributed by atoms with E-state index < -0.39 is 0 Å². The van der Waals surface area contributed by atoms with Crippen LogP contribution in [0, 0.1) is 11.3 Å². The summed E-state index contributed by atoms with van der Waals surface area (Å²) in [6.45, 7) is 2.64. The molecule has 0 radical (unpaired) electrons. The van der Waals surface area contributed by atoms with Gasteiger partial charge < -0.3 is 15.5 Å². The molecule has 0 aromatic heterocycles. The zero-order chi connectivity index (χ0) is 28.0. The summed E-state index contributed by atoms with van der Waals surface area (Å²) in [5.74, 6) is 0. The van der Waals surface area contributed by atoms with Crippen molar-refractivity contribution < 1.29 is 4.79 Å². The number of nitriles is 1. The summed E-state index contributed by atoms with van der Waals surface area (Å²) in [7, 11) is 0. The van der Waals surface area contributed by atoms with E-state index in [0.29, 0.717) is 30.3 Å². The first kappa shape index (κ1) is 28.7. The minimum atomic E-state index is -0.230. The number of carbonyl (C=O) groups is 1. The molecule has 2 atom stereocenters. The number of rotatable bonds is 6. The van der Waals surface area contributed by atoms with Crippen molar-refractivity contribution in [3.63, 3.8) is 0 Å². The molecule has 2 unspecified atom stereocenters. The number of urea groups is 1. The smallest absolute Gasteiger partial charge is 0.319 e. The normalized spacial score (nSPS) is 23.5. The van der Waals surface area contributed by atoms with Crippen LogP contribution < -0.4 is 10.6 Å². The minimum Gasteiger partial charge on any atom is -0.337 e. The maximum absolute atomic E-state index is 13.0. The quantitative estimate of drug-likeness (QED) is 0.356. The molecule has 1 aliphatic heterocycles. The molecule has 40 heavy (non-hydrogen) atoms. The Bertz CT molecular complexity index is 1270. The van der Waals surface area contributed by atoms with Gasteiger partial charge in [0.1, 0.15) is 0 Å². The van der Waals surface area contributed by atoms with E-state index in [2.05, 4.69) is 45.9 Å². The molecule has 1 heterocycles. The highest BCUT2D eigenvalue weighted by atomic mass is 35.5. The van der Waals surface area contributed by atoms with Gasteiger partial charge in [-0.25, -0.2) is 4.79 Å². The maximum Gasteiger partial charge on any atom is 0.319 e. The third-order valence-electron chi connectivity index (χ3n) is 8.81. The number of hydrogen-bond donors (Lipinski definition) is 2. The van der Waals surface area contributed by atoms with Crippen molar-refractivity contribution in [2.75, 3.05) is 19.6 Å². The van der Waals surface area contributed by atoms with Crippen LogP contribution in [-0.4, -0.2) is 47.4 Å². The number of piperidine rings is 1. The van der Waals surface area contributed by atoms with E-state index >= 15 is 0 Å². The van der Waals surface area contributed by atoms with Crippen LogP contribution in [-0.2, 0) is 5.41 Å². The van der Waals surface area contributed by atoms with Crippen LogP contribution in [0.15, 0.2) is 72.5 Å². The number of benzene rings is 2. The number of carbonyl (C=O) groups excluding carboxylic acids is 1. The second kappa shape index (κ2) is 13.3. The molecule has 2 amide bonds. The van der Waals surface area contributed by atoms with Gasteiger partial charge >= 0.3 is 6.03 Å². The van der Waals surface area contributed by atoms with Gasteiger partial charge in [0.2, 0.25) is 0 Å². The average Bonchev–Trinajstić information content (AvgIpc) is 3.15. The van der Waals surface area contributed by atoms with Crippen LogP contribution in [0.1, 0.15) is 62.5 Å². The Morgan fingerprint density at radius 3 is 2.48 bits per heavy atom. The van der Waals surface area contributed by atoms with E-state index in [0.717, 1.165) is 37.1 Å². The van der Waals surface area contributed by atoms with Crippen molar-refractivity contribution in [3.05, 3.63) is 83.6 Å². The van der Waals surface area contributed by atoms with Crippen LogP contribution in [0.25, 0.3) is 11.1 Å². The Morgan fingerprint density at radius 2 is 1.75 bits per heavy atom. The van der Waals surface area contributed by atoms with E-state index in [1.54, 1.807) is 0 Å².